The van der Waals surface area contributed by atoms with Crippen LogP contribution in [-0.2, 0) is 30.9 Å². The molecule has 0 saturated heterocycles. The average molecular weight is 434 g/mol. The zero-order valence-electron chi connectivity index (χ0n) is 18.7. The number of benzene rings is 3. The Balaban J connectivity index is 1.39. The Bertz CT molecular complexity index is 989. The van der Waals surface area contributed by atoms with Crippen LogP contribution in [0.3, 0.4) is 0 Å². The van der Waals surface area contributed by atoms with E-state index < -0.39 is 0 Å². The van der Waals surface area contributed by atoms with E-state index in [1.807, 2.05) is 36.4 Å². The number of hydrogen-bond acceptors (Lipinski definition) is 4. The largest absolute Gasteiger partial charge is 0.493 e. The molecule has 0 unspecified atom stereocenters. The normalized spacial score (nSPS) is 11.2. The van der Waals surface area contributed by atoms with Crippen LogP contribution in [0.15, 0.2) is 77.8 Å². The molecule has 3 aromatic carbocycles. The summed E-state index contributed by atoms with van der Waals surface area (Å²) in [6.07, 6.45) is 0.800. The van der Waals surface area contributed by atoms with Gasteiger partial charge in [0.1, 0.15) is 0 Å². The molecule has 0 radical (unpaired) electrons. The zero-order chi connectivity index (χ0) is 22.6. The van der Waals surface area contributed by atoms with Crippen LogP contribution in [0.5, 0.6) is 11.5 Å². The minimum atomic E-state index is 0.431. The van der Waals surface area contributed by atoms with Gasteiger partial charge >= 0.3 is 0 Å². The second-order valence-corrected chi connectivity index (χ2v) is 7.36. The van der Waals surface area contributed by atoms with Crippen LogP contribution in [-0.4, -0.2) is 26.7 Å². The number of ether oxygens (including phenoxy) is 3. The fourth-order valence-corrected chi connectivity index (χ4v) is 3.21. The fraction of sp³-hybridized carbons (Fsp3) is 0.269. The highest BCUT2D eigenvalue weighted by molar-refractivity contribution is 5.77. The van der Waals surface area contributed by atoms with Crippen LogP contribution in [0.2, 0.25) is 0 Å². The number of guanidine groups is 1. The van der Waals surface area contributed by atoms with Crippen LogP contribution in [0.25, 0.3) is 0 Å². The van der Waals surface area contributed by atoms with Crippen molar-refractivity contribution in [3.8, 4) is 11.5 Å². The van der Waals surface area contributed by atoms with E-state index in [0.29, 0.717) is 32.3 Å². The third-order valence-corrected chi connectivity index (χ3v) is 5.00. The molecule has 0 spiro atoms. The number of nitrogens with zero attached hydrogens (tertiary/aromatic N) is 1. The Morgan fingerprint density at radius 1 is 0.781 bits per heavy atom. The molecule has 0 saturated carbocycles. The highest BCUT2D eigenvalue weighted by Gasteiger charge is 2.04. The molecule has 168 valence electrons. The topological polar surface area (TPSA) is 78.1 Å². The highest BCUT2D eigenvalue weighted by atomic mass is 16.5. The summed E-state index contributed by atoms with van der Waals surface area (Å²) in [4.78, 5) is 4.43. The highest BCUT2D eigenvalue weighted by Crippen LogP contribution is 2.27. The molecule has 3 N–H and O–H groups in total. The van der Waals surface area contributed by atoms with E-state index in [0.717, 1.165) is 34.6 Å². The molecular weight excluding hydrogens is 402 g/mol. The van der Waals surface area contributed by atoms with E-state index in [4.69, 9.17) is 19.9 Å². The van der Waals surface area contributed by atoms with E-state index in [1.54, 1.807) is 14.2 Å². The van der Waals surface area contributed by atoms with Crippen molar-refractivity contribution in [1.82, 2.24) is 5.32 Å². The predicted molar refractivity (Wildman–Crippen MR) is 128 cm³/mol. The van der Waals surface area contributed by atoms with Gasteiger partial charge in [0, 0.05) is 6.54 Å². The lowest BCUT2D eigenvalue weighted by atomic mass is 10.1. The summed E-state index contributed by atoms with van der Waals surface area (Å²) in [5.41, 5.74) is 10.6. The Kier molecular flexibility index (Phi) is 8.95. The third-order valence-electron chi connectivity index (χ3n) is 5.00. The molecule has 0 fully saturated rings. The lowest BCUT2D eigenvalue weighted by Gasteiger charge is -2.10. The Morgan fingerprint density at radius 2 is 1.41 bits per heavy atom. The molecular formula is C26H31N3O3. The number of methoxy groups -OCH3 is 2. The van der Waals surface area contributed by atoms with Crippen molar-refractivity contribution in [1.29, 1.82) is 0 Å². The summed E-state index contributed by atoms with van der Waals surface area (Å²) in [7, 11) is 3.26. The van der Waals surface area contributed by atoms with Crippen LogP contribution >= 0.6 is 0 Å². The smallest absolute Gasteiger partial charge is 0.188 e. The van der Waals surface area contributed by atoms with Crippen molar-refractivity contribution in [2.24, 2.45) is 10.7 Å². The molecule has 0 aliphatic carbocycles. The van der Waals surface area contributed by atoms with Crippen LogP contribution in [0.4, 0.5) is 0 Å². The van der Waals surface area contributed by atoms with Gasteiger partial charge in [-0.1, -0.05) is 60.7 Å². The van der Waals surface area contributed by atoms with Gasteiger partial charge in [0.15, 0.2) is 17.5 Å². The first-order valence-corrected chi connectivity index (χ1v) is 10.6. The maximum absolute atomic E-state index is 6.01. The molecule has 32 heavy (non-hydrogen) atoms. The lowest BCUT2D eigenvalue weighted by Crippen LogP contribution is -2.33. The quantitative estimate of drug-likeness (QED) is 0.352. The van der Waals surface area contributed by atoms with Gasteiger partial charge in [-0.3, -0.25) is 0 Å². The Hall–Kier alpha value is -3.51. The average Bonchev–Trinajstić information content (AvgIpc) is 2.84. The summed E-state index contributed by atoms with van der Waals surface area (Å²) < 4.78 is 16.4. The number of rotatable bonds is 11. The van der Waals surface area contributed by atoms with E-state index in [2.05, 4.69) is 46.7 Å². The number of aliphatic imine (C=N–C) groups is 1. The first kappa shape index (κ1) is 23.2. The van der Waals surface area contributed by atoms with Crippen molar-refractivity contribution in [2.45, 2.75) is 26.2 Å². The Labute approximate surface area is 190 Å². The number of nitrogens with two attached hydrogens (primary N) is 1. The molecule has 0 bridgehead atoms. The van der Waals surface area contributed by atoms with E-state index >= 15 is 0 Å². The zero-order valence-corrected chi connectivity index (χ0v) is 18.7. The molecule has 6 nitrogen and oxygen atoms in total. The standard InChI is InChI=1S/C26H31N3O3/c1-30-24-13-12-20(16-25(24)31-2)14-15-28-26(27)29-17-21-8-10-23(11-9-21)19-32-18-22-6-4-3-5-7-22/h3-13,16H,14-15,17-19H2,1-2H3,(H3,27,28,29). The van der Waals surface area contributed by atoms with Crippen molar-refractivity contribution in [3.05, 3.63) is 95.1 Å². The maximum Gasteiger partial charge on any atom is 0.188 e. The molecule has 3 rings (SSSR count). The molecule has 3 aromatic rings. The van der Waals surface area contributed by atoms with Gasteiger partial charge in [-0.15, -0.1) is 0 Å². The van der Waals surface area contributed by atoms with Gasteiger partial charge in [0.05, 0.1) is 34.0 Å². The molecule has 6 heteroatoms. The summed E-state index contributed by atoms with van der Waals surface area (Å²) in [5.74, 6) is 1.88. The molecule has 0 amide bonds. The van der Waals surface area contributed by atoms with E-state index in [-0.39, 0.29) is 0 Å². The first-order chi connectivity index (χ1) is 15.7. The summed E-state index contributed by atoms with van der Waals surface area (Å²) in [5, 5.41) is 3.16. The summed E-state index contributed by atoms with van der Waals surface area (Å²) in [6, 6.07) is 24.3. The van der Waals surface area contributed by atoms with Gasteiger partial charge in [-0.2, -0.15) is 0 Å². The van der Waals surface area contributed by atoms with Crippen LogP contribution < -0.4 is 20.5 Å². The molecule has 0 heterocycles. The third kappa shape index (κ3) is 7.32. The van der Waals surface area contributed by atoms with E-state index in [9.17, 15) is 0 Å². The summed E-state index contributed by atoms with van der Waals surface area (Å²) in [6.45, 7) is 2.40. The molecule has 0 aliphatic heterocycles. The second-order valence-electron chi connectivity index (χ2n) is 7.36. The number of nitrogens with one attached hydrogen (secondary N) is 1. The van der Waals surface area contributed by atoms with Crippen LogP contribution in [0, 0.1) is 0 Å². The molecule has 0 aliphatic rings. The monoisotopic (exact) mass is 433 g/mol. The maximum atomic E-state index is 6.01. The second kappa shape index (κ2) is 12.4. The van der Waals surface area contributed by atoms with Crippen molar-refractivity contribution < 1.29 is 14.2 Å². The van der Waals surface area contributed by atoms with E-state index in [1.165, 1.54) is 5.56 Å². The van der Waals surface area contributed by atoms with Crippen molar-refractivity contribution >= 4 is 5.96 Å². The predicted octanol–water partition coefficient (Wildman–Crippen LogP) is 4.07. The van der Waals surface area contributed by atoms with Crippen molar-refractivity contribution in [2.75, 3.05) is 20.8 Å². The van der Waals surface area contributed by atoms with Crippen molar-refractivity contribution in [3.63, 3.8) is 0 Å². The van der Waals surface area contributed by atoms with Gasteiger partial charge in [0.2, 0.25) is 0 Å². The van der Waals surface area contributed by atoms with Gasteiger partial charge in [-0.25, -0.2) is 4.99 Å². The first-order valence-electron chi connectivity index (χ1n) is 10.6. The van der Waals surface area contributed by atoms with Crippen LogP contribution in [0.1, 0.15) is 22.3 Å². The SMILES string of the molecule is COc1ccc(CCNC(N)=NCc2ccc(COCc3ccccc3)cc2)cc1OC. The molecule has 0 atom stereocenters. The number of hydrogen-bond donors (Lipinski definition) is 2. The lowest BCUT2D eigenvalue weighted by molar-refractivity contribution is 0.107. The Morgan fingerprint density at radius 3 is 2.09 bits per heavy atom. The van der Waals surface area contributed by atoms with Gasteiger partial charge < -0.3 is 25.3 Å². The fourth-order valence-electron chi connectivity index (χ4n) is 3.21. The minimum Gasteiger partial charge on any atom is -0.493 e. The van der Waals surface area contributed by atoms with Gasteiger partial charge in [-0.05, 0) is 40.8 Å². The minimum absolute atomic E-state index is 0.431. The molecule has 0 aromatic heterocycles. The summed E-state index contributed by atoms with van der Waals surface area (Å²) >= 11 is 0. The van der Waals surface area contributed by atoms with Gasteiger partial charge in [0.25, 0.3) is 0 Å².